The van der Waals surface area contributed by atoms with Crippen molar-refractivity contribution in [1.29, 1.82) is 0 Å². The number of ether oxygens (including phenoxy) is 1. The van der Waals surface area contributed by atoms with Gasteiger partial charge in [-0.2, -0.15) is 0 Å². The summed E-state index contributed by atoms with van der Waals surface area (Å²) in [6.07, 6.45) is 3.75. The third kappa shape index (κ3) is 2.56. The number of esters is 1. The molecule has 4 nitrogen and oxygen atoms in total. The maximum atomic E-state index is 11.3. The third-order valence-corrected chi connectivity index (χ3v) is 3.89. The first-order valence-corrected chi connectivity index (χ1v) is 6.87. The molecule has 5 heteroatoms. The Kier molecular flexibility index (Phi) is 3.84. The lowest BCUT2D eigenvalue weighted by atomic mass is 9.89. The first-order valence-electron chi connectivity index (χ1n) is 5.75. The van der Waals surface area contributed by atoms with E-state index in [-0.39, 0.29) is 29.9 Å². The lowest BCUT2D eigenvalue weighted by Crippen LogP contribution is -2.37. The van der Waals surface area contributed by atoms with Crippen LogP contribution in [0, 0.1) is 5.92 Å². The topological polar surface area (TPSA) is 55.4 Å². The van der Waals surface area contributed by atoms with Gasteiger partial charge in [0, 0.05) is 23.7 Å². The molecule has 1 amide bonds. The van der Waals surface area contributed by atoms with Gasteiger partial charge in [0.05, 0.1) is 6.42 Å². The Balaban J connectivity index is 1.95. The molecule has 0 unspecified atom stereocenters. The predicted molar refractivity (Wildman–Crippen MR) is 62.2 cm³/mol. The van der Waals surface area contributed by atoms with Crippen molar-refractivity contribution in [2.45, 2.75) is 44.2 Å². The van der Waals surface area contributed by atoms with E-state index in [0.717, 1.165) is 24.6 Å². The molecule has 0 saturated carbocycles. The molecule has 1 N–H and O–H groups in total. The number of cyclic esters (lactones) is 1. The fourth-order valence-electron chi connectivity index (χ4n) is 2.54. The number of halogens is 1. The normalized spacial score (nSPS) is 33.9. The van der Waals surface area contributed by atoms with Gasteiger partial charge in [0.2, 0.25) is 5.91 Å². The number of hydrogen-bond donors (Lipinski definition) is 1. The van der Waals surface area contributed by atoms with Crippen molar-refractivity contribution in [3.05, 3.63) is 0 Å². The largest absolute Gasteiger partial charge is 0.462 e. The van der Waals surface area contributed by atoms with Crippen LogP contribution < -0.4 is 5.32 Å². The quantitative estimate of drug-likeness (QED) is 0.628. The highest BCUT2D eigenvalue weighted by atomic mass is 79.9. The van der Waals surface area contributed by atoms with Gasteiger partial charge in [-0.15, -0.1) is 0 Å². The van der Waals surface area contributed by atoms with Crippen LogP contribution in [0.4, 0.5) is 0 Å². The Labute approximate surface area is 103 Å². The zero-order valence-electron chi connectivity index (χ0n) is 9.08. The molecule has 0 aromatic heterocycles. The summed E-state index contributed by atoms with van der Waals surface area (Å²) in [5, 5.41) is 3.86. The number of alkyl halides is 1. The summed E-state index contributed by atoms with van der Waals surface area (Å²) in [4.78, 5) is 22.5. The van der Waals surface area contributed by atoms with Crippen molar-refractivity contribution in [3.63, 3.8) is 0 Å². The first kappa shape index (κ1) is 11.9. The van der Waals surface area contributed by atoms with Crippen LogP contribution >= 0.6 is 15.9 Å². The summed E-state index contributed by atoms with van der Waals surface area (Å²) in [7, 11) is 0. The number of carbonyl (C=O) groups is 2. The zero-order valence-corrected chi connectivity index (χ0v) is 10.7. The average molecular weight is 290 g/mol. The Hall–Kier alpha value is -0.580. The second-order valence-corrected chi connectivity index (χ2v) is 5.23. The molecule has 16 heavy (non-hydrogen) atoms. The van der Waals surface area contributed by atoms with E-state index >= 15 is 0 Å². The van der Waals surface area contributed by atoms with Crippen LogP contribution in [0.1, 0.15) is 32.1 Å². The fourth-order valence-corrected chi connectivity index (χ4v) is 2.86. The van der Waals surface area contributed by atoms with Gasteiger partial charge in [0.15, 0.2) is 0 Å². The minimum atomic E-state index is -0.120. The molecule has 2 rings (SSSR count). The van der Waals surface area contributed by atoms with Crippen LogP contribution in [0.25, 0.3) is 0 Å². The lowest BCUT2D eigenvalue weighted by molar-refractivity contribution is -0.141. The molecule has 2 saturated heterocycles. The molecule has 0 spiro atoms. The minimum Gasteiger partial charge on any atom is -0.462 e. The molecule has 2 aliphatic heterocycles. The van der Waals surface area contributed by atoms with E-state index in [1.54, 1.807) is 0 Å². The van der Waals surface area contributed by atoms with Crippen molar-refractivity contribution >= 4 is 27.8 Å². The van der Waals surface area contributed by atoms with Gasteiger partial charge in [0.1, 0.15) is 6.10 Å². The van der Waals surface area contributed by atoms with Crippen molar-refractivity contribution in [3.8, 4) is 0 Å². The standard InChI is InChI=1S/C11H16BrNO3/c12-5-1-2-9-7(6-11(15)16-9)8-3-4-10(14)13-8/h7-9H,1-6H2,(H,13,14)/t7-,8+,9-/m1/s1. The summed E-state index contributed by atoms with van der Waals surface area (Å²) >= 11 is 3.37. The fraction of sp³-hybridized carbons (Fsp3) is 0.818. The van der Waals surface area contributed by atoms with Gasteiger partial charge in [-0.3, -0.25) is 9.59 Å². The van der Waals surface area contributed by atoms with Gasteiger partial charge in [-0.05, 0) is 19.3 Å². The average Bonchev–Trinajstić information content (AvgIpc) is 2.81. The molecule has 0 aromatic rings. The maximum Gasteiger partial charge on any atom is 0.306 e. The molecule has 90 valence electrons. The van der Waals surface area contributed by atoms with Gasteiger partial charge in [-0.1, -0.05) is 15.9 Å². The second-order valence-electron chi connectivity index (χ2n) is 4.44. The van der Waals surface area contributed by atoms with Gasteiger partial charge < -0.3 is 10.1 Å². The van der Waals surface area contributed by atoms with Crippen LogP contribution in [0.2, 0.25) is 0 Å². The van der Waals surface area contributed by atoms with Gasteiger partial charge >= 0.3 is 5.97 Å². The van der Waals surface area contributed by atoms with E-state index in [9.17, 15) is 9.59 Å². The molecule has 3 atom stereocenters. The van der Waals surface area contributed by atoms with Crippen molar-refractivity contribution in [2.24, 2.45) is 5.92 Å². The van der Waals surface area contributed by atoms with E-state index in [4.69, 9.17) is 4.74 Å². The third-order valence-electron chi connectivity index (χ3n) is 3.33. The molecular weight excluding hydrogens is 274 g/mol. The highest BCUT2D eigenvalue weighted by Gasteiger charge is 2.41. The Morgan fingerprint density at radius 1 is 1.44 bits per heavy atom. The van der Waals surface area contributed by atoms with E-state index in [1.807, 2.05) is 0 Å². The van der Waals surface area contributed by atoms with E-state index < -0.39 is 0 Å². The second kappa shape index (κ2) is 5.17. The summed E-state index contributed by atoms with van der Waals surface area (Å²) in [6.45, 7) is 0. The SMILES string of the molecule is O=C1CC[C@@H]([C@H]2CC(=O)O[C@@H]2CCCBr)N1. The van der Waals surface area contributed by atoms with Crippen LogP contribution in [0.3, 0.4) is 0 Å². The Morgan fingerprint density at radius 3 is 2.88 bits per heavy atom. The monoisotopic (exact) mass is 289 g/mol. The molecular formula is C11H16BrNO3. The minimum absolute atomic E-state index is 0.00606. The molecule has 0 radical (unpaired) electrons. The van der Waals surface area contributed by atoms with E-state index in [1.165, 1.54) is 0 Å². The van der Waals surface area contributed by atoms with Crippen molar-refractivity contribution in [1.82, 2.24) is 5.32 Å². The predicted octanol–water partition coefficient (Wildman–Crippen LogP) is 1.37. The van der Waals surface area contributed by atoms with E-state index in [0.29, 0.717) is 12.8 Å². The Bertz CT molecular complexity index is 295. The molecule has 2 fully saturated rings. The number of carbonyl (C=O) groups excluding carboxylic acids is 2. The molecule has 0 aliphatic carbocycles. The van der Waals surface area contributed by atoms with Gasteiger partial charge in [-0.25, -0.2) is 0 Å². The van der Waals surface area contributed by atoms with Crippen LogP contribution in [0.5, 0.6) is 0 Å². The molecule has 0 bridgehead atoms. The molecule has 2 aliphatic rings. The summed E-state index contributed by atoms with van der Waals surface area (Å²) in [5.74, 6) is 0.160. The number of hydrogen-bond acceptors (Lipinski definition) is 3. The highest BCUT2D eigenvalue weighted by molar-refractivity contribution is 9.09. The van der Waals surface area contributed by atoms with Gasteiger partial charge in [0.25, 0.3) is 0 Å². The Morgan fingerprint density at radius 2 is 2.25 bits per heavy atom. The van der Waals surface area contributed by atoms with Crippen molar-refractivity contribution in [2.75, 3.05) is 5.33 Å². The van der Waals surface area contributed by atoms with Crippen molar-refractivity contribution < 1.29 is 14.3 Å². The number of amides is 1. The summed E-state index contributed by atoms with van der Waals surface area (Å²) in [5.41, 5.74) is 0. The molecule has 0 aromatic carbocycles. The lowest BCUT2D eigenvalue weighted by Gasteiger charge is -2.22. The van der Waals surface area contributed by atoms with E-state index in [2.05, 4.69) is 21.2 Å². The smallest absolute Gasteiger partial charge is 0.306 e. The number of rotatable bonds is 4. The number of nitrogens with one attached hydrogen (secondary N) is 1. The highest BCUT2D eigenvalue weighted by Crippen LogP contribution is 2.32. The van der Waals surface area contributed by atoms with Crippen LogP contribution in [-0.4, -0.2) is 29.4 Å². The van der Waals surface area contributed by atoms with Crippen LogP contribution in [-0.2, 0) is 14.3 Å². The summed E-state index contributed by atoms with van der Waals surface area (Å²) < 4.78 is 5.31. The summed E-state index contributed by atoms with van der Waals surface area (Å²) in [6, 6.07) is 0.138. The zero-order chi connectivity index (χ0) is 11.5. The van der Waals surface area contributed by atoms with Crippen LogP contribution in [0.15, 0.2) is 0 Å². The maximum absolute atomic E-state index is 11.3. The molecule has 2 heterocycles. The first-order chi connectivity index (χ1) is 7.70.